The zero-order chi connectivity index (χ0) is 55.0. The van der Waals surface area contributed by atoms with Crippen molar-refractivity contribution >= 4 is 11.9 Å². The summed E-state index contributed by atoms with van der Waals surface area (Å²) in [4.78, 5) is 24.7. The summed E-state index contributed by atoms with van der Waals surface area (Å²) in [6.07, 6.45) is 80.0. The lowest BCUT2D eigenvalue weighted by Crippen LogP contribution is -2.45. The zero-order valence-corrected chi connectivity index (χ0v) is 52.0. The van der Waals surface area contributed by atoms with Gasteiger partial charge in [-0.05, 0) is 25.7 Å². The van der Waals surface area contributed by atoms with Gasteiger partial charge in [-0.1, -0.05) is 373 Å². The number of esters is 1. The molecule has 0 fully saturated rings. The largest absolute Gasteiger partial charge is 0.466 e. The fourth-order valence-electron chi connectivity index (χ4n) is 11.5. The highest BCUT2D eigenvalue weighted by Gasteiger charge is 2.20. The van der Waals surface area contributed by atoms with Gasteiger partial charge in [-0.25, -0.2) is 0 Å². The van der Waals surface area contributed by atoms with E-state index in [4.69, 9.17) is 4.74 Å². The number of hydrogen-bond acceptors (Lipinski definition) is 5. The normalized spacial score (nSPS) is 12.4. The first-order valence-corrected chi connectivity index (χ1v) is 35.3. The summed E-state index contributed by atoms with van der Waals surface area (Å²) in [5, 5.41) is 23.4. The average molecular weight is 1070 g/mol. The summed E-state index contributed by atoms with van der Waals surface area (Å²) < 4.78 is 5.51. The second-order valence-electron chi connectivity index (χ2n) is 24.6. The minimum absolute atomic E-state index is 0.0121. The predicted molar refractivity (Wildman–Crippen MR) is 334 cm³/mol. The van der Waals surface area contributed by atoms with Crippen LogP contribution >= 0.6 is 0 Å². The van der Waals surface area contributed by atoms with E-state index in [9.17, 15) is 19.8 Å². The number of carbonyl (C=O) groups excluding carboxylic acids is 2. The van der Waals surface area contributed by atoms with Gasteiger partial charge in [0.1, 0.15) is 0 Å². The van der Waals surface area contributed by atoms with Gasteiger partial charge in [-0.2, -0.15) is 0 Å². The molecule has 6 nitrogen and oxygen atoms in total. The number of unbranched alkanes of at least 4 members (excludes halogenated alkanes) is 56. The van der Waals surface area contributed by atoms with Gasteiger partial charge in [0.15, 0.2) is 0 Å². The Morgan fingerprint density at radius 1 is 0.316 bits per heavy atom. The van der Waals surface area contributed by atoms with Crippen molar-refractivity contribution in [3.8, 4) is 0 Å². The van der Waals surface area contributed by atoms with Crippen molar-refractivity contribution in [3.05, 3.63) is 0 Å². The van der Waals surface area contributed by atoms with E-state index >= 15 is 0 Å². The molecule has 0 aliphatic rings. The maximum absolute atomic E-state index is 12.5. The fourth-order valence-corrected chi connectivity index (χ4v) is 11.5. The number of aliphatic hydroxyl groups excluding tert-OH is 2. The monoisotopic (exact) mass is 1070 g/mol. The van der Waals surface area contributed by atoms with E-state index in [1.807, 2.05) is 0 Å². The van der Waals surface area contributed by atoms with Gasteiger partial charge < -0.3 is 20.3 Å². The van der Waals surface area contributed by atoms with Gasteiger partial charge in [0.25, 0.3) is 0 Å². The SMILES string of the molecule is CCCCCCCCCCCCCCCCCCCCCCCCCC(O)C(CO)NC(=O)CCCCCCCCCCCCCCCCCCCOC(=O)CCCCCCCCCCCCCCCCCCCCC. The van der Waals surface area contributed by atoms with Crippen LogP contribution in [0.3, 0.4) is 0 Å². The molecular formula is C70H139NO5. The predicted octanol–water partition coefficient (Wildman–Crippen LogP) is 22.6. The Hall–Kier alpha value is -1.14. The molecule has 0 radical (unpaired) electrons. The summed E-state index contributed by atoms with van der Waals surface area (Å²) in [6, 6.07) is -0.546. The molecule has 0 spiro atoms. The second kappa shape index (κ2) is 66.4. The molecule has 0 aliphatic heterocycles. The van der Waals surface area contributed by atoms with Gasteiger partial charge in [0.05, 0.1) is 25.4 Å². The van der Waals surface area contributed by atoms with Crippen LogP contribution < -0.4 is 5.32 Å². The molecule has 0 aromatic rings. The third-order valence-corrected chi connectivity index (χ3v) is 16.9. The van der Waals surface area contributed by atoms with Crippen LogP contribution in [0.1, 0.15) is 412 Å². The third-order valence-electron chi connectivity index (χ3n) is 16.9. The first-order valence-electron chi connectivity index (χ1n) is 35.3. The van der Waals surface area contributed by atoms with Crippen LogP contribution in [-0.2, 0) is 14.3 Å². The van der Waals surface area contributed by atoms with E-state index in [0.717, 1.165) is 38.5 Å². The molecule has 0 saturated heterocycles. The number of nitrogens with one attached hydrogen (secondary N) is 1. The molecule has 0 heterocycles. The Morgan fingerprint density at radius 3 is 0.803 bits per heavy atom. The van der Waals surface area contributed by atoms with Crippen molar-refractivity contribution in [2.75, 3.05) is 13.2 Å². The van der Waals surface area contributed by atoms with Crippen LogP contribution in [0.5, 0.6) is 0 Å². The van der Waals surface area contributed by atoms with Crippen LogP contribution in [0.25, 0.3) is 0 Å². The first-order chi connectivity index (χ1) is 37.5. The first kappa shape index (κ1) is 74.9. The molecule has 6 heteroatoms. The molecule has 0 aromatic heterocycles. The van der Waals surface area contributed by atoms with Crippen molar-refractivity contribution < 1.29 is 24.5 Å². The van der Waals surface area contributed by atoms with Crippen molar-refractivity contribution in [3.63, 3.8) is 0 Å². The fraction of sp³-hybridized carbons (Fsp3) is 0.971. The maximum Gasteiger partial charge on any atom is 0.305 e. The van der Waals surface area contributed by atoms with Crippen LogP contribution in [0, 0.1) is 0 Å². The Bertz CT molecular complexity index is 1100. The smallest absolute Gasteiger partial charge is 0.305 e. The molecule has 2 atom stereocenters. The van der Waals surface area contributed by atoms with E-state index in [-0.39, 0.29) is 18.5 Å². The van der Waals surface area contributed by atoms with Gasteiger partial charge in [0, 0.05) is 12.8 Å². The quantitative estimate of drug-likeness (QED) is 0.0417. The van der Waals surface area contributed by atoms with E-state index in [0.29, 0.717) is 25.9 Å². The van der Waals surface area contributed by atoms with Gasteiger partial charge in [-0.15, -0.1) is 0 Å². The van der Waals surface area contributed by atoms with E-state index in [1.165, 1.54) is 340 Å². The molecule has 1 amide bonds. The molecule has 0 aromatic carbocycles. The average Bonchev–Trinajstić information content (AvgIpc) is 3.42. The second-order valence-corrected chi connectivity index (χ2v) is 24.6. The molecule has 3 N–H and O–H groups in total. The molecule has 0 aliphatic carbocycles. The van der Waals surface area contributed by atoms with E-state index in [2.05, 4.69) is 19.2 Å². The maximum atomic E-state index is 12.5. The lowest BCUT2D eigenvalue weighted by molar-refractivity contribution is -0.143. The van der Waals surface area contributed by atoms with E-state index in [1.54, 1.807) is 0 Å². The van der Waals surface area contributed by atoms with Crippen LogP contribution in [0.2, 0.25) is 0 Å². The summed E-state index contributed by atoms with van der Waals surface area (Å²) >= 11 is 0. The molecule has 0 bridgehead atoms. The molecule has 454 valence electrons. The minimum atomic E-state index is -0.668. The zero-order valence-electron chi connectivity index (χ0n) is 52.0. The lowest BCUT2D eigenvalue weighted by atomic mass is 10.0. The van der Waals surface area contributed by atoms with Gasteiger partial charge in [0.2, 0.25) is 5.91 Å². The lowest BCUT2D eigenvalue weighted by Gasteiger charge is -2.22. The van der Waals surface area contributed by atoms with Gasteiger partial charge >= 0.3 is 5.97 Å². The van der Waals surface area contributed by atoms with Crippen molar-refractivity contribution in [1.82, 2.24) is 5.32 Å². The van der Waals surface area contributed by atoms with Crippen molar-refractivity contribution in [2.45, 2.75) is 424 Å². The van der Waals surface area contributed by atoms with Crippen molar-refractivity contribution in [1.29, 1.82) is 0 Å². The standard InChI is InChI=1S/C70H139NO5/c1-3-5-7-9-11-13-15-17-19-21-23-24-25-26-28-30-34-38-42-46-50-54-58-62-68(73)67(66-72)71-69(74)63-59-55-51-47-43-39-35-31-29-33-37-41-45-49-53-57-61-65-76-70(75)64-60-56-52-48-44-40-36-32-27-22-20-18-16-14-12-10-8-6-4-2/h67-68,72-73H,3-66H2,1-2H3,(H,71,74). The topological polar surface area (TPSA) is 95.9 Å². The number of aliphatic hydroxyl groups is 2. The minimum Gasteiger partial charge on any atom is -0.466 e. The highest BCUT2D eigenvalue weighted by atomic mass is 16.5. The number of carbonyl (C=O) groups is 2. The van der Waals surface area contributed by atoms with Crippen molar-refractivity contribution in [2.24, 2.45) is 0 Å². The summed E-state index contributed by atoms with van der Waals surface area (Å²) in [5.74, 6) is -0.0223. The molecule has 76 heavy (non-hydrogen) atoms. The summed E-state index contributed by atoms with van der Waals surface area (Å²) in [5.41, 5.74) is 0. The Morgan fingerprint density at radius 2 is 0.539 bits per heavy atom. The van der Waals surface area contributed by atoms with Crippen LogP contribution in [0.15, 0.2) is 0 Å². The highest BCUT2D eigenvalue weighted by Crippen LogP contribution is 2.20. The Labute approximate surface area is 476 Å². The molecule has 0 rings (SSSR count). The van der Waals surface area contributed by atoms with Crippen LogP contribution in [0.4, 0.5) is 0 Å². The molecular weight excluding hydrogens is 935 g/mol. The Balaban J connectivity index is 3.38. The Kier molecular flexibility index (Phi) is 65.4. The number of ether oxygens (including phenoxy) is 1. The van der Waals surface area contributed by atoms with Gasteiger partial charge in [-0.3, -0.25) is 9.59 Å². The molecule has 0 saturated carbocycles. The van der Waals surface area contributed by atoms with E-state index < -0.39 is 12.1 Å². The number of amides is 1. The highest BCUT2D eigenvalue weighted by molar-refractivity contribution is 5.76. The number of hydrogen-bond donors (Lipinski definition) is 3. The summed E-state index contributed by atoms with van der Waals surface area (Å²) in [7, 11) is 0. The summed E-state index contributed by atoms with van der Waals surface area (Å²) in [6.45, 7) is 5.00. The third kappa shape index (κ3) is 62.1. The molecule has 2 unspecified atom stereocenters. The van der Waals surface area contributed by atoms with Crippen LogP contribution in [-0.4, -0.2) is 47.4 Å². The number of rotatable bonds is 67.